The van der Waals surface area contributed by atoms with Gasteiger partial charge in [-0.3, -0.25) is 4.79 Å². The molecule has 0 bridgehead atoms. The van der Waals surface area contributed by atoms with Gasteiger partial charge < -0.3 is 14.6 Å². The predicted octanol–water partition coefficient (Wildman–Crippen LogP) is 10.0. The van der Waals surface area contributed by atoms with Crippen molar-refractivity contribution in [3.8, 4) is 5.75 Å². The number of imidazole rings is 1. The fourth-order valence-corrected chi connectivity index (χ4v) is 5.90. The molecule has 5 nitrogen and oxygen atoms in total. The highest BCUT2D eigenvalue weighted by Gasteiger charge is 2.10. The molecular weight excluding hydrogens is 530 g/mol. The van der Waals surface area contributed by atoms with Gasteiger partial charge in [-0.25, -0.2) is 4.98 Å². The molecule has 0 atom stereocenters. The molecular formula is C38H59N3O2. The number of nitrogens with one attached hydrogen (secondary N) is 1. The Morgan fingerprint density at radius 3 is 2.09 bits per heavy atom. The summed E-state index contributed by atoms with van der Waals surface area (Å²) in [6.07, 6.45) is 23.5. The summed E-state index contributed by atoms with van der Waals surface area (Å²) in [4.78, 5) is 17.2. The highest BCUT2D eigenvalue weighted by molar-refractivity contribution is 5.77. The van der Waals surface area contributed by atoms with E-state index in [9.17, 15) is 4.79 Å². The van der Waals surface area contributed by atoms with Crippen LogP contribution >= 0.6 is 0 Å². The number of hydrogen-bond donors (Lipinski definition) is 1. The van der Waals surface area contributed by atoms with Crippen LogP contribution in [0, 0.1) is 13.8 Å². The van der Waals surface area contributed by atoms with Crippen molar-refractivity contribution >= 4 is 16.9 Å². The molecule has 1 aromatic heterocycles. The van der Waals surface area contributed by atoms with E-state index in [1.54, 1.807) is 0 Å². The summed E-state index contributed by atoms with van der Waals surface area (Å²) in [5.41, 5.74) is 4.56. The summed E-state index contributed by atoms with van der Waals surface area (Å²) in [6.45, 7) is 8.13. The minimum absolute atomic E-state index is 0.0594. The van der Waals surface area contributed by atoms with Crippen LogP contribution in [0.15, 0.2) is 42.5 Å². The quantitative estimate of drug-likeness (QED) is 0.106. The third kappa shape index (κ3) is 13.6. The number of unbranched alkanes of at least 4 members (excludes halogenated alkanes) is 15. The summed E-state index contributed by atoms with van der Waals surface area (Å²) in [5.74, 6) is 1.94. The van der Waals surface area contributed by atoms with E-state index in [1.807, 2.05) is 26.0 Å². The number of nitrogens with zero attached hydrogens (tertiary/aromatic N) is 2. The molecule has 0 saturated carbocycles. The Morgan fingerprint density at radius 1 is 0.767 bits per heavy atom. The molecule has 0 spiro atoms. The van der Waals surface area contributed by atoms with Crippen LogP contribution in [0.3, 0.4) is 0 Å². The molecule has 0 aliphatic rings. The first-order valence-corrected chi connectivity index (χ1v) is 17.5. The molecule has 5 heteroatoms. The van der Waals surface area contributed by atoms with Crippen molar-refractivity contribution in [2.45, 2.75) is 143 Å². The maximum Gasteiger partial charge on any atom is 0.257 e. The maximum atomic E-state index is 12.2. The minimum atomic E-state index is -0.0594. The summed E-state index contributed by atoms with van der Waals surface area (Å²) >= 11 is 0. The van der Waals surface area contributed by atoms with Gasteiger partial charge in [0.05, 0.1) is 11.0 Å². The molecule has 1 N–H and O–H groups in total. The monoisotopic (exact) mass is 589 g/mol. The number of rotatable bonds is 24. The third-order valence-electron chi connectivity index (χ3n) is 8.57. The number of ether oxygens (including phenoxy) is 1. The van der Waals surface area contributed by atoms with Crippen molar-refractivity contribution in [1.82, 2.24) is 14.9 Å². The van der Waals surface area contributed by atoms with Crippen LogP contribution in [0.25, 0.3) is 11.0 Å². The molecule has 0 radical (unpaired) electrons. The van der Waals surface area contributed by atoms with E-state index < -0.39 is 0 Å². The van der Waals surface area contributed by atoms with Crippen molar-refractivity contribution in [3.63, 3.8) is 0 Å². The van der Waals surface area contributed by atoms with E-state index in [-0.39, 0.29) is 12.5 Å². The molecule has 0 unspecified atom stereocenters. The second kappa shape index (κ2) is 21.0. The van der Waals surface area contributed by atoms with Crippen LogP contribution < -0.4 is 10.1 Å². The van der Waals surface area contributed by atoms with Crippen molar-refractivity contribution in [1.29, 1.82) is 0 Å². The first-order valence-electron chi connectivity index (χ1n) is 17.5. The zero-order valence-electron chi connectivity index (χ0n) is 27.6. The molecule has 0 aliphatic heterocycles. The molecule has 2 aromatic carbocycles. The average molecular weight is 590 g/mol. The molecule has 0 fully saturated rings. The number of para-hydroxylation sites is 2. The lowest BCUT2D eigenvalue weighted by Gasteiger charge is -2.11. The highest BCUT2D eigenvalue weighted by Crippen LogP contribution is 2.21. The zero-order valence-corrected chi connectivity index (χ0v) is 27.6. The van der Waals surface area contributed by atoms with E-state index in [2.05, 4.69) is 47.1 Å². The molecule has 0 aliphatic carbocycles. The predicted molar refractivity (Wildman–Crippen MR) is 182 cm³/mol. The number of aryl methyl sites for hydroxylation is 4. The number of fused-ring (bicyclic) bond motifs is 1. The van der Waals surface area contributed by atoms with E-state index in [0.29, 0.717) is 6.54 Å². The van der Waals surface area contributed by atoms with Crippen LogP contribution in [-0.2, 0) is 17.8 Å². The van der Waals surface area contributed by atoms with Crippen LogP contribution in [0.2, 0.25) is 0 Å². The Kier molecular flexibility index (Phi) is 16.9. The summed E-state index contributed by atoms with van der Waals surface area (Å²) in [5, 5.41) is 3.00. The molecule has 1 amide bonds. The third-order valence-corrected chi connectivity index (χ3v) is 8.57. The van der Waals surface area contributed by atoms with Gasteiger partial charge in [-0.2, -0.15) is 0 Å². The van der Waals surface area contributed by atoms with E-state index in [0.717, 1.165) is 54.6 Å². The van der Waals surface area contributed by atoms with Crippen LogP contribution in [0.4, 0.5) is 0 Å². The van der Waals surface area contributed by atoms with Crippen LogP contribution in [0.1, 0.15) is 133 Å². The van der Waals surface area contributed by atoms with Gasteiger partial charge in [0.2, 0.25) is 0 Å². The smallest absolute Gasteiger partial charge is 0.257 e. The lowest BCUT2D eigenvalue weighted by molar-refractivity contribution is -0.123. The molecule has 1 heterocycles. The molecule has 0 saturated heterocycles. The molecule has 3 aromatic rings. The number of hydrogen-bond acceptors (Lipinski definition) is 3. The number of carbonyl (C=O) groups is 1. The Morgan fingerprint density at radius 2 is 1.40 bits per heavy atom. The SMILES string of the molecule is CCCCCCCCCCCCCCCCn1c(CCCCCNC(=O)COc2cc(C)ccc2C)nc2ccccc21. The van der Waals surface area contributed by atoms with E-state index >= 15 is 0 Å². The first-order chi connectivity index (χ1) is 21.1. The van der Waals surface area contributed by atoms with Gasteiger partial charge in [-0.15, -0.1) is 0 Å². The Balaban J connectivity index is 1.26. The fourth-order valence-electron chi connectivity index (χ4n) is 5.90. The molecule has 238 valence electrons. The van der Waals surface area contributed by atoms with Crippen molar-refractivity contribution < 1.29 is 9.53 Å². The largest absolute Gasteiger partial charge is 0.483 e. The van der Waals surface area contributed by atoms with Crippen molar-refractivity contribution in [2.75, 3.05) is 13.2 Å². The fraction of sp³-hybridized carbons (Fsp3) is 0.632. The second-order valence-corrected chi connectivity index (χ2v) is 12.5. The summed E-state index contributed by atoms with van der Waals surface area (Å²) in [6, 6.07) is 14.6. The lowest BCUT2D eigenvalue weighted by Crippen LogP contribution is -2.29. The number of amides is 1. The minimum Gasteiger partial charge on any atom is -0.483 e. The van der Waals surface area contributed by atoms with Gasteiger partial charge in [0.1, 0.15) is 11.6 Å². The lowest BCUT2D eigenvalue weighted by atomic mass is 10.0. The number of benzene rings is 2. The van der Waals surface area contributed by atoms with Crippen molar-refractivity contribution in [3.05, 3.63) is 59.4 Å². The summed E-state index contributed by atoms with van der Waals surface area (Å²) < 4.78 is 8.18. The van der Waals surface area contributed by atoms with Gasteiger partial charge in [0.15, 0.2) is 6.61 Å². The molecule has 43 heavy (non-hydrogen) atoms. The van der Waals surface area contributed by atoms with Gasteiger partial charge in [0.25, 0.3) is 5.91 Å². The summed E-state index contributed by atoms with van der Waals surface area (Å²) in [7, 11) is 0. The maximum absolute atomic E-state index is 12.2. The van der Waals surface area contributed by atoms with Crippen molar-refractivity contribution in [2.24, 2.45) is 0 Å². The molecule has 3 rings (SSSR count). The Bertz CT molecular complexity index is 1190. The first kappa shape index (κ1) is 34.7. The van der Waals surface area contributed by atoms with Gasteiger partial charge in [0, 0.05) is 19.5 Å². The van der Waals surface area contributed by atoms with Gasteiger partial charge in [-0.1, -0.05) is 121 Å². The zero-order chi connectivity index (χ0) is 30.5. The Labute approximate surface area is 262 Å². The number of aromatic nitrogens is 2. The topological polar surface area (TPSA) is 56.2 Å². The van der Waals surface area contributed by atoms with Crippen LogP contribution in [0.5, 0.6) is 5.75 Å². The van der Waals surface area contributed by atoms with Gasteiger partial charge >= 0.3 is 0 Å². The van der Waals surface area contributed by atoms with E-state index in [1.165, 1.54) is 101 Å². The average Bonchev–Trinajstić information content (AvgIpc) is 3.36. The highest BCUT2D eigenvalue weighted by atomic mass is 16.5. The van der Waals surface area contributed by atoms with E-state index in [4.69, 9.17) is 9.72 Å². The second-order valence-electron chi connectivity index (χ2n) is 12.5. The Hall–Kier alpha value is -2.82. The van der Waals surface area contributed by atoms with Crippen LogP contribution in [-0.4, -0.2) is 28.6 Å². The number of carbonyl (C=O) groups excluding carboxylic acids is 1. The standard InChI is InChI=1S/C38H59N3O2/c1-4-5-6-7-8-9-10-11-12-13-14-15-16-22-29-41-35-24-20-19-23-34(35)40-37(41)25-18-17-21-28-39-38(42)31-43-36-30-32(2)26-27-33(36)3/h19-20,23-24,26-27,30H,4-18,21-22,25,28-29,31H2,1-3H3,(H,39,42). The normalized spacial score (nSPS) is 11.3. The van der Waals surface area contributed by atoms with Gasteiger partial charge in [-0.05, 0) is 62.4 Å².